The zero-order valence-electron chi connectivity index (χ0n) is 10.8. The summed E-state index contributed by atoms with van der Waals surface area (Å²) in [5, 5.41) is 6.25. The first kappa shape index (κ1) is 13.2. The van der Waals surface area contributed by atoms with Crippen molar-refractivity contribution in [3.8, 4) is 6.01 Å². The lowest BCUT2D eigenvalue weighted by Crippen LogP contribution is -2.20. The minimum atomic E-state index is 0.379. The van der Waals surface area contributed by atoms with E-state index in [9.17, 15) is 0 Å². The van der Waals surface area contributed by atoms with Crippen LogP contribution in [0.5, 0.6) is 6.01 Å². The molecule has 0 saturated carbocycles. The van der Waals surface area contributed by atoms with Gasteiger partial charge in [0.05, 0.1) is 6.61 Å². The molecule has 7 heteroatoms. The number of anilines is 2. The topological polar surface area (TPSA) is 72.0 Å². The van der Waals surface area contributed by atoms with Crippen LogP contribution < -0.4 is 15.4 Å². The van der Waals surface area contributed by atoms with Gasteiger partial charge in [-0.25, -0.2) is 0 Å². The maximum absolute atomic E-state index is 5.46. The van der Waals surface area contributed by atoms with Crippen LogP contribution in [0.4, 0.5) is 11.9 Å². The first-order valence-electron chi connectivity index (χ1n) is 6.22. The molecule has 0 aliphatic carbocycles. The van der Waals surface area contributed by atoms with Crippen LogP contribution >= 0.6 is 11.8 Å². The molecule has 1 aliphatic heterocycles. The summed E-state index contributed by atoms with van der Waals surface area (Å²) in [6, 6.07) is 0.825. The molecule has 0 aromatic carbocycles. The highest BCUT2D eigenvalue weighted by Gasteiger charge is 2.17. The zero-order valence-corrected chi connectivity index (χ0v) is 11.6. The van der Waals surface area contributed by atoms with Gasteiger partial charge in [0.2, 0.25) is 11.9 Å². The molecule has 1 aromatic heterocycles. The Morgan fingerprint density at radius 3 is 2.83 bits per heavy atom. The van der Waals surface area contributed by atoms with E-state index in [-0.39, 0.29) is 0 Å². The van der Waals surface area contributed by atoms with Gasteiger partial charge in [-0.2, -0.15) is 26.7 Å². The second-order valence-corrected chi connectivity index (χ2v) is 5.22. The molecule has 0 spiro atoms. The summed E-state index contributed by atoms with van der Waals surface area (Å²) < 4.78 is 5.46. The molecule has 1 saturated heterocycles. The largest absolute Gasteiger partial charge is 0.463 e. The molecule has 1 fully saturated rings. The Bertz CT molecular complexity index is 384. The SMILES string of the molecule is CCCOc1nc(NC)nc(NC2CCSC2)n1. The molecule has 1 unspecified atom stereocenters. The fourth-order valence-electron chi connectivity index (χ4n) is 1.62. The van der Waals surface area contributed by atoms with Crippen molar-refractivity contribution in [1.82, 2.24) is 15.0 Å². The average Bonchev–Trinajstić information content (AvgIpc) is 2.89. The van der Waals surface area contributed by atoms with E-state index in [2.05, 4.69) is 32.5 Å². The van der Waals surface area contributed by atoms with Crippen LogP contribution in [0.2, 0.25) is 0 Å². The molecule has 6 nitrogen and oxygen atoms in total. The van der Waals surface area contributed by atoms with Gasteiger partial charge in [0.25, 0.3) is 0 Å². The Morgan fingerprint density at radius 1 is 1.33 bits per heavy atom. The van der Waals surface area contributed by atoms with Crippen molar-refractivity contribution >= 4 is 23.7 Å². The number of aromatic nitrogens is 3. The van der Waals surface area contributed by atoms with Crippen molar-refractivity contribution in [2.24, 2.45) is 0 Å². The van der Waals surface area contributed by atoms with Gasteiger partial charge in [-0.05, 0) is 18.6 Å². The second kappa shape index (κ2) is 6.63. The minimum absolute atomic E-state index is 0.379. The van der Waals surface area contributed by atoms with E-state index >= 15 is 0 Å². The monoisotopic (exact) mass is 269 g/mol. The van der Waals surface area contributed by atoms with Crippen molar-refractivity contribution in [2.75, 3.05) is 35.8 Å². The van der Waals surface area contributed by atoms with E-state index in [4.69, 9.17) is 4.74 Å². The van der Waals surface area contributed by atoms with Gasteiger partial charge < -0.3 is 15.4 Å². The van der Waals surface area contributed by atoms with Gasteiger partial charge in [0.15, 0.2) is 0 Å². The lowest BCUT2D eigenvalue weighted by molar-refractivity contribution is 0.292. The standard InChI is InChI=1S/C11H19N5OS/c1-3-5-17-11-15-9(12-2)14-10(16-11)13-8-4-6-18-7-8/h8H,3-7H2,1-2H3,(H2,12,13,14,15,16). The average molecular weight is 269 g/mol. The predicted molar refractivity (Wildman–Crippen MR) is 74.5 cm³/mol. The van der Waals surface area contributed by atoms with Gasteiger partial charge in [-0.1, -0.05) is 6.92 Å². The predicted octanol–water partition coefficient (Wildman–Crippen LogP) is 1.62. The number of nitrogens with one attached hydrogen (secondary N) is 2. The number of hydrogen-bond acceptors (Lipinski definition) is 7. The van der Waals surface area contributed by atoms with E-state index in [1.54, 1.807) is 7.05 Å². The Labute approximate surface area is 111 Å². The normalized spacial score (nSPS) is 18.7. The van der Waals surface area contributed by atoms with Gasteiger partial charge in [0.1, 0.15) is 0 Å². The van der Waals surface area contributed by atoms with E-state index < -0.39 is 0 Å². The van der Waals surface area contributed by atoms with Gasteiger partial charge in [-0.15, -0.1) is 0 Å². The van der Waals surface area contributed by atoms with Crippen molar-refractivity contribution in [1.29, 1.82) is 0 Å². The molecule has 2 N–H and O–H groups in total. The molecule has 0 amide bonds. The Morgan fingerprint density at radius 2 is 2.17 bits per heavy atom. The molecule has 1 atom stereocenters. The van der Waals surface area contributed by atoms with Crippen LogP contribution in [0.1, 0.15) is 19.8 Å². The van der Waals surface area contributed by atoms with E-state index in [1.807, 2.05) is 11.8 Å². The maximum atomic E-state index is 5.46. The Balaban J connectivity index is 2.06. The van der Waals surface area contributed by atoms with Gasteiger partial charge in [-0.3, -0.25) is 0 Å². The summed E-state index contributed by atoms with van der Waals surface area (Å²) in [6.07, 6.45) is 2.08. The molecule has 2 rings (SSSR count). The van der Waals surface area contributed by atoms with E-state index in [0.717, 1.165) is 18.6 Å². The van der Waals surface area contributed by atoms with Crippen molar-refractivity contribution < 1.29 is 4.74 Å². The molecular formula is C11H19N5OS. The van der Waals surface area contributed by atoms with Gasteiger partial charge in [0, 0.05) is 18.8 Å². The quantitative estimate of drug-likeness (QED) is 0.813. The fraction of sp³-hybridized carbons (Fsp3) is 0.727. The van der Waals surface area contributed by atoms with Crippen LogP contribution in [0.25, 0.3) is 0 Å². The molecule has 1 aromatic rings. The summed E-state index contributed by atoms with van der Waals surface area (Å²) in [6.45, 7) is 2.67. The molecule has 1 aliphatic rings. The Kier molecular flexibility index (Phi) is 4.86. The summed E-state index contributed by atoms with van der Waals surface area (Å²) in [5.74, 6) is 3.42. The summed E-state index contributed by atoms with van der Waals surface area (Å²) in [5.41, 5.74) is 0. The molecule has 0 bridgehead atoms. The van der Waals surface area contributed by atoms with Crippen LogP contribution in [0.15, 0.2) is 0 Å². The van der Waals surface area contributed by atoms with E-state index in [0.29, 0.717) is 30.6 Å². The van der Waals surface area contributed by atoms with Gasteiger partial charge >= 0.3 is 6.01 Å². The van der Waals surface area contributed by atoms with E-state index in [1.165, 1.54) is 5.75 Å². The third kappa shape index (κ3) is 3.63. The fourth-order valence-corrected chi connectivity index (χ4v) is 2.77. The third-order valence-corrected chi connectivity index (χ3v) is 3.70. The maximum Gasteiger partial charge on any atom is 0.323 e. The molecule has 2 heterocycles. The number of ether oxygens (including phenoxy) is 1. The zero-order chi connectivity index (χ0) is 12.8. The Hall–Kier alpha value is -1.24. The second-order valence-electron chi connectivity index (χ2n) is 4.07. The highest BCUT2D eigenvalue weighted by molar-refractivity contribution is 7.99. The highest BCUT2D eigenvalue weighted by atomic mass is 32.2. The summed E-state index contributed by atoms with van der Waals surface area (Å²) in [7, 11) is 1.79. The van der Waals surface area contributed by atoms with Crippen molar-refractivity contribution in [3.63, 3.8) is 0 Å². The molecular weight excluding hydrogens is 250 g/mol. The van der Waals surface area contributed by atoms with Crippen LogP contribution in [-0.2, 0) is 0 Å². The molecule has 0 radical (unpaired) electrons. The smallest absolute Gasteiger partial charge is 0.323 e. The molecule has 100 valence electrons. The van der Waals surface area contributed by atoms with Crippen molar-refractivity contribution in [2.45, 2.75) is 25.8 Å². The number of rotatable bonds is 6. The van der Waals surface area contributed by atoms with Crippen LogP contribution in [0, 0.1) is 0 Å². The lowest BCUT2D eigenvalue weighted by Gasteiger charge is -2.12. The van der Waals surface area contributed by atoms with Crippen molar-refractivity contribution in [3.05, 3.63) is 0 Å². The first-order valence-corrected chi connectivity index (χ1v) is 7.38. The summed E-state index contributed by atoms with van der Waals surface area (Å²) >= 11 is 1.95. The number of hydrogen-bond donors (Lipinski definition) is 2. The summed E-state index contributed by atoms with van der Waals surface area (Å²) in [4.78, 5) is 12.7. The molecule has 18 heavy (non-hydrogen) atoms. The van der Waals surface area contributed by atoms with Crippen LogP contribution in [0.3, 0.4) is 0 Å². The minimum Gasteiger partial charge on any atom is -0.463 e. The number of nitrogens with zero attached hydrogens (tertiary/aromatic N) is 3. The first-order chi connectivity index (χ1) is 8.81. The highest BCUT2D eigenvalue weighted by Crippen LogP contribution is 2.21. The van der Waals surface area contributed by atoms with Crippen LogP contribution in [-0.4, -0.2) is 46.2 Å². The number of thioether (sulfide) groups is 1. The third-order valence-electron chi connectivity index (χ3n) is 2.54. The lowest BCUT2D eigenvalue weighted by atomic mass is 10.3.